The van der Waals surface area contributed by atoms with Gasteiger partial charge >= 0.3 is 5.97 Å². The van der Waals surface area contributed by atoms with Gasteiger partial charge in [-0.1, -0.05) is 27.5 Å². The molecule has 1 aliphatic rings. The maximum atomic E-state index is 12.5. The SMILES string of the molecule is O=C(CCn1cnc2ccc(Br)cc2c1=O)OCc1cc(Cl)c2c(c1)OCO2. The molecule has 7 nitrogen and oxygen atoms in total. The third-order valence-electron chi connectivity index (χ3n) is 4.23. The van der Waals surface area contributed by atoms with E-state index in [0.717, 1.165) is 4.47 Å². The van der Waals surface area contributed by atoms with Gasteiger partial charge in [0.1, 0.15) is 6.61 Å². The fraction of sp³-hybridized carbons (Fsp3) is 0.211. The smallest absolute Gasteiger partial charge is 0.307 e. The molecule has 0 radical (unpaired) electrons. The van der Waals surface area contributed by atoms with Gasteiger partial charge in [-0.25, -0.2) is 4.98 Å². The minimum Gasteiger partial charge on any atom is -0.461 e. The zero-order chi connectivity index (χ0) is 19.7. The van der Waals surface area contributed by atoms with Crippen molar-refractivity contribution in [3.63, 3.8) is 0 Å². The average Bonchev–Trinajstić information content (AvgIpc) is 3.15. The van der Waals surface area contributed by atoms with E-state index in [0.29, 0.717) is 33.0 Å². The summed E-state index contributed by atoms with van der Waals surface area (Å²) >= 11 is 9.46. The Morgan fingerprint density at radius 2 is 2.14 bits per heavy atom. The summed E-state index contributed by atoms with van der Waals surface area (Å²) in [7, 11) is 0. The first-order valence-electron chi connectivity index (χ1n) is 8.39. The summed E-state index contributed by atoms with van der Waals surface area (Å²) in [6, 6.07) is 8.67. The van der Waals surface area contributed by atoms with Gasteiger partial charge in [0.05, 0.1) is 28.7 Å². The number of esters is 1. The highest BCUT2D eigenvalue weighted by molar-refractivity contribution is 9.10. The summed E-state index contributed by atoms with van der Waals surface area (Å²) in [6.07, 6.45) is 1.48. The van der Waals surface area contributed by atoms with E-state index in [-0.39, 0.29) is 31.9 Å². The Labute approximate surface area is 172 Å². The van der Waals surface area contributed by atoms with Gasteiger partial charge in [-0.15, -0.1) is 0 Å². The summed E-state index contributed by atoms with van der Waals surface area (Å²) in [5.74, 6) is 0.583. The molecular weight excluding hydrogens is 452 g/mol. The number of hydrogen-bond acceptors (Lipinski definition) is 6. The van der Waals surface area contributed by atoms with Crippen molar-refractivity contribution in [3.05, 3.63) is 62.1 Å². The molecule has 0 amide bonds. The maximum absolute atomic E-state index is 12.5. The van der Waals surface area contributed by atoms with E-state index >= 15 is 0 Å². The van der Waals surface area contributed by atoms with Crippen LogP contribution >= 0.6 is 27.5 Å². The number of ether oxygens (including phenoxy) is 3. The van der Waals surface area contributed by atoms with Crippen molar-refractivity contribution in [3.8, 4) is 11.5 Å². The number of benzene rings is 2. The van der Waals surface area contributed by atoms with Gasteiger partial charge in [-0.2, -0.15) is 0 Å². The predicted octanol–water partition coefficient (Wildman–Crippen LogP) is 3.67. The third kappa shape index (κ3) is 3.83. The quantitative estimate of drug-likeness (QED) is 0.535. The second kappa shape index (κ2) is 7.81. The Kier molecular flexibility index (Phi) is 5.23. The van der Waals surface area contributed by atoms with Crippen LogP contribution in [0.2, 0.25) is 5.02 Å². The van der Waals surface area contributed by atoms with Crippen molar-refractivity contribution < 1.29 is 19.0 Å². The van der Waals surface area contributed by atoms with E-state index in [9.17, 15) is 9.59 Å². The van der Waals surface area contributed by atoms with E-state index in [4.69, 9.17) is 25.8 Å². The van der Waals surface area contributed by atoms with Gasteiger partial charge in [0.2, 0.25) is 6.79 Å². The van der Waals surface area contributed by atoms with Gasteiger partial charge in [0.15, 0.2) is 11.5 Å². The van der Waals surface area contributed by atoms with Crippen LogP contribution in [0.25, 0.3) is 10.9 Å². The number of carbonyl (C=O) groups is 1. The molecule has 4 rings (SSSR count). The first-order chi connectivity index (χ1) is 13.5. The number of hydrogen-bond donors (Lipinski definition) is 0. The van der Waals surface area contributed by atoms with Crippen LogP contribution in [0.4, 0.5) is 0 Å². The van der Waals surface area contributed by atoms with Crippen molar-refractivity contribution in [2.75, 3.05) is 6.79 Å². The summed E-state index contributed by atoms with van der Waals surface area (Å²) in [4.78, 5) is 28.9. The summed E-state index contributed by atoms with van der Waals surface area (Å²) in [5, 5.41) is 0.890. The highest BCUT2D eigenvalue weighted by atomic mass is 79.9. The topological polar surface area (TPSA) is 79.7 Å². The third-order valence-corrected chi connectivity index (χ3v) is 5.00. The normalized spacial score (nSPS) is 12.4. The van der Waals surface area contributed by atoms with Crippen molar-refractivity contribution in [1.29, 1.82) is 0 Å². The van der Waals surface area contributed by atoms with Crippen LogP contribution in [0.1, 0.15) is 12.0 Å². The molecule has 0 fully saturated rings. The van der Waals surface area contributed by atoms with E-state index in [1.807, 2.05) is 6.07 Å². The van der Waals surface area contributed by atoms with E-state index in [1.165, 1.54) is 10.9 Å². The van der Waals surface area contributed by atoms with Crippen LogP contribution < -0.4 is 15.0 Å². The minimum atomic E-state index is -0.435. The van der Waals surface area contributed by atoms with Gasteiger partial charge in [-0.3, -0.25) is 14.2 Å². The van der Waals surface area contributed by atoms with Crippen molar-refractivity contribution in [2.45, 2.75) is 19.6 Å². The Bertz CT molecular complexity index is 1130. The molecular formula is C19H14BrClN2O5. The molecule has 1 aliphatic heterocycles. The Balaban J connectivity index is 1.39. The molecule has 0 spiro atoms. The lowest BCUT2D eigenvalue weighted by molar-refractivity contribution is -0.145. The van der Waals surface area contributed by atoms with Crippen LogP contribution in [-0.4, -0.2) is 22.3 Å². The van der Waals surface area contributed by atoms with Crippen molar-refractivity contribution in [2.24, 2.45) is 0 Å². The molecule has 2 aromatic carbocycles. The molecule has 0 aliphatic carbocycles. The number of halogens is 2. The van der Waals surface area contributed by atoms with Crippen LogP contribution in [0.5, 0.6) is 11.5 Å². The molecule has 28 heavy (non-hydrogen) atoms. The Morgan fingerprint density at radius 3 is 3.00 bits per heavy atom. The fourth-order valence-electron chi connectivity index (χ4n) is 2.84. The molecule has 2 heterocycles. The lowest BCUT2D eigenvalue weighted by atomic mass is 10.2. The molecule has 0 unspecified atom stereocenters. The van der Waals surface area contributed by atoms with Crippen molar-refractivity contribution in [1.82, 2.24) is 9.55 Å². The first-order valence-corrected chi connectivity index (χ1v) is 9.57. The second-order valence-electron chi connectivity index (χ2n) is 6.13. The number of aromatic nitrogens is 2. The number of rotatable bonds is 5. The van der Waals surface area contributed by atoms with Gasteiger partial charge in [0, 0.05) is 11.0 Å². The number of nitrogens with zero attached hydrogens (tertiary/aromatic N) is 2. The predicted molar refractivity (Wildman–Crippen MR) is 106 cm³/mol. The minimum absolute atomic E-state index is 0.0411. The molecule has 0 N–H and O–H groups in total. The van der Waals surface area contributed by atoms with Crippen LogP contribution in [0, 0.1) is 0 Å². The molecule has 0 saturated heterocycles. The molecule has 1 aromatic heterocycles. The average molecular weight is 466 g/mol. The first kappa shape index (κ1) is 18.8. The molecule has 0 bridgehead atoms. The van der Waals surface area contributed by atoms with Crippen LogP contribution in [-0.2, 0) is 22.7 Å². The lowest BCUT2D eigenvalue weighted by Crippen LogP contribution is -2.22. The zero-order valence-electron chi connectivity index (χ0n) is 14.5. The van der Waals surface area contributed by atoms with E-state index in [2.05, 4.69) is 20.9 Å². The van der Waals surface area contributed by atoms with E-state index < -0.39 is 5.97 Å². The molecule has 144 valence electrons. The molecule has 0 saturated carbocycles. The second-order valence-corrected chi connectivity index (χ2v) is 7.45. The van der Waals surface area contributed by atoms with Crippen LogP contribution in [0.3, 0.4) is 0 Å². The highest BCUT2D eigenvalue weighted by Gasteiger charge is 2.18. The standard InChI is InChI=1S/C19H14BrClN2O5/c20-12-1-2-15-13(7-12)19(25)23(9-22-15)4-3-17(24)26-8-11-5-14(21)18-16(6-11)27-10-28-18/h1-2,5-7,9H,3-4,8,10H2. The van der Waals surface area contributed by atoms with Gasteiger partial charge in [-0.05, 0) is 35.9 Å². The lowest BCUT2D eigenvalue weighted by Gasteiger charge is -2.09. The monoisotopic (exact) mass is 464 g/mol. The summed E-state index contributed by atoms with van der Waals surface area (Å²) in [5.41, 5.74) is 1.09. The fourth-order valence-corrected chi connectivity index (χ4v) is 3.49. The largest absolute Gasteiger partial charge is 0.461 e. The molecule has 3 aromatic rings. The Hall–Kier alpha value is -2.58. The van der Waals surface area contributed by atoms with Gasteiger partial charge < -0.3 is 14.2 Å². The number of aryl methyl sites for hydroxylation is 1. The highest BCUT2D eigenvalue weighted by Crippen LogP contribution is 2.39. The maximum Gasteiger partial charge on any atom is 0.307 e. The summed E-state index contributed by atoms with van der Waals surface area (Å²) in [6.45, 7) is 0.339. The zero-order valence-corrected chi connectivity index (χ0v) is 16.8. The van der Waals surface area contributed by atoms with Gasteiger partial charge in [0.25, 0.3) is 5.56 Å². The van der Waals surface area contributed by atoms with Crippen molar-refractivity contribution >= 4 is 44.4 Å². The number of carbonyl (C=O) groups excluding carboxylic acids is 1. The Morgan fingerprint density at radius 1 is 1.29 bits per heavy atom. The molecule has 0 atom stereocenters. The number of fused-ring (bicyclic) bond motifs is 2. The molecule has 9 heteroatoms. The van der Waals surface area contributed by atoms with E-state index in [1.54, 1.807) is 24.3 Å². The van der Waals surface area contributed by atoms with Crippen LogP contribution in [0.15, 0.2) is 45.9 Å². The summed E-state index contributed by atoms with van der Waals surface area (Å²) < 4.78 is 18.0.